The molecule has 0 aliphatic heterocycles. The number of para-hydroxylation sites is 1. The highest BCUT2D eigenvalue weighted by Crippen LogP contribution is 2.20. The van der Waals surface area contributed by atoms with Gasteiger partial charge in [0, 0.05) is 22.0 Å². The monoisotopic (exact) mass is 318 g/mol. The maximum absolute atomic E-state index is 11.0. The summed E-state index contributed by atoms with van der Waals surface area (Å²) in [6, 6.07) is 7.39. The van der Waals surface area contributed by atoms with Gasteiger partial charge in [0.25, 0.3) is 5.69 Å². The Morgan fingerprint density at radius 3 is 2.57 bits per heavy atom. The third kappa shape index (κ3) is 1.55. The number of benzene rings is 1. The first kappa shape index (κ1) is 9.67. The second-order valence-corrected chi connectivity index (χ2v) is 4.12. The molecule has 1 heterocycles. The van der Waals surface area contributed by atoms with E-state index in [2.05, 4.69) is 41.7 Å². The van der Waals surface area contributed by atoms with E-state index in [1.54, 1.807) is 0 Å². The molecular weight excluding hydrogens is 316 g/mol. The number of rotatable bonds is 1. The van der Waals surface area contributed by atoms with E-state index < -0.39 is 5.95 Å². The number of aromatic nitrogens is 2. The molecule has 0 N–H and O–H groups in total. The minimum Gasteiger partial charge on any atom is -0.538 e. The van der Waals surface area contributed by atoms with Gasteiger partial charge in [-0.2, -0.15) is 0 Å². The average Bonchev–Trinajstić information content (AvgIpc) is 2.49. The predicted molar refractivity (Wildman–Crippen MR) is 52.9 cm³/mol. The standard InChI is InChI=1S/C8H4Br2N2O2/c9-5-3-1-2-4-6(5)12-7(10)8(13)14-11-12/h1-4H. The molecule has 2 rings (SSSR count). The first-order chi connectivity index (χ1) is 6.70. The maximum atomic E-state index is 11.0. The quantitative estimate of drug-likeness (QED) is 0.749. The van der Waals surface area contributed by atoms with Gasteiger partial charge < -0.3 is 9.63 Å². The van der Waals surface area contributed by atoms with Crippen molar-refractivity contribution in [1.29, 1.82) is 0 Å². The van der Waals surface area contributed by atoms with Gasteiger partial charge in [0.15, 0.2) is 5.95 Å². The van der Waals surface area contributed by atoms with Gasteiger partial charge in [0.05, 0.1) is 9.74 Å². The summed E-state index contributed by atoms with van der Waals surface area (Å²) in [4.78, 5) is 0. The summed E-state index contributed by atoms with van der Waals surface area (Å²) >= 11 is 6.45. The van der Waals surface area contributed by atoms with E-state index in [0.29, 0.717) is 0 Å². The highest BCUT2D eigenvalue weighted by Gasteiger charge is 2.19. The first-order valence-electron chi connectivity index (χ1n) is 3.69. The lowest BCUT2D eigenvalue weighted by molar-refractivity contribution is -0.681. The lowest BCUT2D eigenvalue weighted by Gasteiger charge is -1.92. The van der Waals surface area contributed by atoms with E-state index in [0.717, 1.165) is 10.2 Å². The van der Waals surface area contributed by atoms with Crippen LogP contribution >= 0.6 is 31.9 Å². The van der Waals surface area contributed by atoms with Gasteiger partial charge in [-0.05, 0) is 26.7 Å². The first-order valence-corrected chi connectivity index (χ1v) is 5.28. The smallest absolute Gasteiger partial charge is 0.305 e. The Morgan fingerprint density at radius 1 is 1.29 bits per heavy atom. The van der Waals surface area contributed by atoms with Crippen LogP contribution in [0.4, 0.5) is 0 Å². The van der Waals surface area contributed by atoms with Crippen molar-refractivity contribution in [1.82, 2.24) is 5.27 Å². The summed E-state index contributed by atoms with van der Waals surface area (Å²) < 4.78 is 6.98. The fraction of sp³-hybridized carbons (Fsp3) is 0. The summed E-state index contributed by atoms with van der Waals surface area (Å²) in [6.45, 7) is 0. The van der Waals surface area contributed by atoms with Gasteiger partial charge >= 0.3 is 4.60 Å². The van der Waals surface area contributed by atoms with Crippen LogP contribution in [-0.2, 0) is 0 Å². The molecule has 14 heavy (non-hydrogen) atoms. The Labute approximate surface area is 96.4 Å². The third-order valence-electron chi connectivity index (χ3n) is 1.64. The van der Waals surface area contributed by atoms with Crippen LogP contribution in [-0.4, -0.2) is 5.27 Å². The molecule has 1 aromatic carbocycles. The van der Waals surface area contributed by atoms with Gasteiger partial charge in [-0.3, -0.25) is 0 Å². The van der Waals surface area contributed by atoms with Crippen LogP contribution in [0.1, 0.15) is 0 Å². The van der Waals surface area contributed by atoms with Crippen LogP contribution in [0, 0.1) is 0 Å². The normalized spacial score (nSPS) is 10.4. The van der Waals surface area contributed by atoms with E-state index >= 15 is 0 Å². The van der Waals surface area contributed by atoms with Crippen LogP contribution in [0.5, 0.6) is 5.95 Å². The largest absolute Gasteiger partial charge is 0.538 e. The van der Waals surface area contributed by atoms with Crippen molar-refractivity contribution in [2.45, 2.75) is 0 Å². The highest BCUT2D eigenvalue weighted by atomic mass is 79.9. The Hall–Kier alpha value is -0.880. The fourth-order valence-electron chi connectivity index (χ4n) is 1.01. The molecule has 72 valence electrons. The second kappa shape index (κ2) is 3.70. The van der Waals surface area contributed by atoms with Crippen LogP contribution in [0.2, 0.25) is 0 Å². The molecule has 0 fully saturated rings. The molecule has 0 atom stereocenters. The molecule has 0 aliphatic rings. The van der Waals surface area contributed by atoms with Crippen molar-refractivity contribution >= 4 is 31.9 Å². The van der Waals surface area contributed by atoms with Crippen LogP contribution < -0.4 is 9.79 Å². The molecule has 0 aliphatic carbocycles. The molecule has 0 radical (unpaired) electrons. The molecule has 6 heteroatoms. The number of halogens is 2. The average molecular weight is 320 g/mol. The molecule has 2 aromatic rings. The van der Waals surface area contributed by atoms with Crippen LogP contribution in [0.3, 0.4) is 0 Å². The Balaban J connectivity index is 2.60. The lowest BCUT2D eigenvalue weighted by Crippen LogP contribution is -2.34. The number of nitrogens with zero attached hydrogens (tertiary/aromatic N) is 2. The van der Waals surface area contributed by atoms with Gasteiger partial charge in [-0.15, -0.1) is 0 Å². The van der Waals surface area contributed by atoms with Gasteiger partial charge in [0.2, 0.25) is 0 Å². The van der Waals surface area contributed by atoms with Crippen molar-refractivity contribution in [3.8, 4) is 11.6 Å². The number of hydrogen-bond donors (Lipinski definition) is 0. The van der Waals surface area contributed by atoms with Crippen molar-refractivity contribution in [3.05, 3.63) is 33.3 Å². The van der Waals surface area contributed by atoms with Crippen LogP contribution in [0.25, 0.3) is 5.69 Å². The second-order valence-electron chi connectivity index (χ2n) is 2.51. The van der Waals surface area contributed by atoms with Crippen molar-refractivity contribution < 1.29 is 14.3 Å². The van der Waals surface area contributed by atoms with Gasteiger partial charge in [-0.1, -0.05) is 12.1 Å². The van der Waals surface area contributed by atoms with Gasteiger partial charge in [0.1, 0.15) is 0 Å². The van der Waals surface area contributed by atoms with E-state index in [4.69, 9.17) is 0 Å². The molecule has 0 amide bonds. The fourth-order valence-corrected chi connectivity index (χ4v) is 1.79. The Morgan fingerprint density at radius 2 is 2.00 bits per heavy atom. The van der Waals surface area contributed by atoms with E-state index in [-0.39, 0.29) is 4.60 Å². The van der Waals surface area contributed by atoms with Gasteiger partial charge in [-0.25, -0.2) is 0 Å². The van der Waals surface area contributed by atoms with E-state index in [9.17, 15) is 5.11 Å². The summed E-state index contributed by atoms with van der Waals surface area (Å²) in [5.41, 5.74) is 0.741. The molecule has 0 bridgehead atoms. The Bertz CT molecular complexity index is 470. The summed E-state index contributed by atoms with van der Waals surface area (Å²) in [6.07, 6.45) is 0. The van der Waals surface area contributed by atoms with E-state index in [1.807, 2.05) is 24.3 Å². The molecule has 0 saturated carbocycles. The molecule has 0 saturated heterocycles. The molecule has 4 nitrogen and oxygen atoms in total. The zero-order valence-corrected chi connectivity index (χ0v) is 9.95. The zero-order valence-electron chi connectivity index (χ0n) is 6.78. The van der Waals surface area contributed by atoms with E-state index in [1.165, 1.54) is 4.68 Å². The molecule has 0 spiro atoms. The van der Waals surface area contributed by atoms with Crippen LogP contribution in [0.15, 0.2) is 37.9 Å². The summed E-state index contributed by atoms with van der Waals surface area (Å²) in [7, 11) is 0. The molecule has 0 unspecified atom stereocenters. The van der Waals surface area contributed by atoms with Crippen molar-refractivity contribution in [2.75, 3.05) is 0 Å². The summed E-state index contributed by atoms with van der Waals surface area (Å²) in [5, 5.41) is 14.6. The summed E-state index contributed by atoms with van der Waals surface area (Å²) in [5.74, 6) is -0.499. The van der Waals surface area contributed by atoms with Crippen molar-refractivity contribution in [3.63, 3.8) is 0 Å². The maximum Gasteiger partial charge on any atom is 0.305 e. The third-order valence-corrected chi connectivity index (χ3v) is 2.97. The number of hydrogen-bond acceptors (Lipinski definition) is 3. The molecule has 1 aromatic heterocycles. The van der Waals surface area contributed by atoms with Crippen molar-refractivity contribution in [2.24, 2.45) is 0 Å². The SMILES string of the molecule is [O-]c1on[n+](-c2ccccc2Br)c1Br. The minimum atomic E-state index is -0.499. The molecular formula is C8H4Br2N2O2. The predicted octanol–water partition coefficient (Wildman–Crippen LogP) is 1.55. The topological polar surface area (TPSA) is 53.0 Å². The minimum absolute atomic E-state index is 0.268. The highest BCUT2D eigenvalue weighted by molar-refractivity contribution is 9.10. The zero-order chi connectivity index (χ0) is 10.1. The lowest BCUT2D eigenvalue weighted by atomic mass is 10.3. The Kier molecular flexibility index (Phi) is 2.56.